The average Bonchev–Trinajstić information content (AvgIpc) is 3.05. The second-order valence-corrected chi connectivity index (χ2v) is 16.4. The third-order valence-corrected chi connectivity index (χ3v) is 11.8. The van der Waals surface area contributed by atoms with Gasteiger partial charge in [-0.3, -0.25) is 4.79 Å². The zero-order valence-electron chi connectivity index (χ0n) is 33.0. The number of aliphatic hydroxyl groups is 5. The lowest BCUT2D eigenvalue weighted by Crippen LogP contribution is -2.60. The first-order valence-electron chi connectivity index (χ1n) is 18.4. The predicted molar refractivity (Wildman–Crippen MR) is 189 cm³/mol. The highest BCUT2D eigenvalue weighted by Gasteiger charge is 2.52. The van der Waals surface area contributed by atoms with Crippen molar-refractivity contribution in [2.75, 3.05) is 21.2 Å². The number of allylic oxidation sites excluding steroid dienone is 1. The van der Waals surface area contributed by atoms with Gasteiger partial charge >= 0.3 is 5.97 Å². The number of carbonyl (C=O) groups excluding carboxylic acids is 1. The van der Waals surface area contributed by atoms with Gasteiger partial charge < -0.3 is 64.6 Å². The largest absolute Gasteiger partial charge is 0.459 e. The van der Waals surface area contributed by atoms with Gasteiger partial charge in [0, 0.05) is 31.2 Å². The molecule has 0 spiro atoms. The molecule has 14 nitrogen and oxygen atoms in total. The monoisotopic (exact) mass is 732 g/mol. The maximum atomic E-state index is 14.1. The predicted octanol–water partition coefficient (Wildman–Crippen LogP) is 1.81. The van der Waals surface area contributed by atoms with Crippen LogP contribution in [-0.2, 0) is 33.2 Å². The fourth-order valence-corrected chi connectivity index (χ4v) is 8.28. The van der Waals surface area contributed by atoms with Crippen molar-refractivity contribution in [1.82, 2.24) is 4.90 Å². The van der Waals surface area contributed by atoms with Gasteiger partial charge in [-0.2, -0.15) is 0 Å². The van der Waals surface area contributed by atoms with Gasteiger partial charge in [-0.15, -0.1) is 0 Å². The van der Waals surface area contributed by atoms with Crippen molar-refractivity contribution < 1.29 is 58.7 Å². The molecule has 298 valence electrons. The first-order valence-corrected chi connectivity index (χ1v) is 18.4. The van der Waals surface area contributed by atoms with Crippen LogP contribution in [0.15, 0.2) is 11.3 Å². The van der Waals surface area contributed by atoms with Gasteiger partial charge in [0.2, 0.25) is 0 Å². The maximum Gasteiger partial charge on any atom is 0.311 e. The summed E-state index contributed by atoms with van der Waals surface area (Å²) in [7, 11) is 5.23. The molecule has 17 atom stereocenters. The van der Waals surface area contributed by atoms with Crippen molar-refractivity contribution in [3.8, 4) is 0 Å². The van der Waals surface area contributed by atoms with Crippen LogP contribution in [0.5, 0.6) is 0 Å². The number of rotatable bonds is 7. The van der Waals surface area contributed by atoms with E-state index in [1.54, 1.807) is 55.4 Å². The summed E-state index contributed by atoms with van der Waals surface area (Å²) < 4.78 is 37.3. The van der Waals surface area contributed by atoms with Gasteiger partial charge in [-0.1, -0.05) is 20.8 Å². The summed E-state index contributed by atoms with van der Waals surface area (Å²) in [6.07, 6.45) is -9.00. The van der Waals surface area contributed by atoms with E-state index in [4.69, 9.17) is 34.2 Å². The van der Waals surface area contributed by atoms with Crippen LogP contribution < -0.4 is 5.73 Å². The highest BCUT2D eigenvalue weighted by Crippen LogP contribution is 2.41. The number of cyclic esters (lactones) is 1. The fourth-order valence-electron chi connectivity index (χ4n) is 8.28. The summed E-state index contributed by atoms with van der Waals surface area (Å²) in [5, 5.41) is 57.9. The number of aliphatic hydroxyl groups excluding tert-OH is 3. The quantitative estimate of drug-likeness (QED) is 0.207. The summed E-state index contributed by atoms with van der Waals surface area (Å²) in [5.41, 5.74) is 2.53. The Morgan fingerprint density at radius 2 is 1.59 bits per heavy atom. The number of methoxy groups -OCH3 is 1. The summed E-state index contributed by atoms with van der Waals surface area (Å²) in [5.74, 6) is -3.07. The minimum absolute atomic E-state index is 0.0309. The normalized spacial score (nSPS) is 48.3. The van der Waals surface area contributed by atoms with Gasteiger partial charge in [-0.05, 0) is 93.3 Å². The van der Waals surface area contributed by atoms with Crippen molar-refractivity contribution in [2.24, 2.45) is 23.5 Å². The summed E-state index contributed by atoms with van der Waals surface area (Å²) in [6.45, 7) is 16.9. The minimum Gasteiger partial charge on any atom is -0.459 e. The van der Waals surface area contributed by atoms with Crippen LogP contribution in [-0.4, -0.2) is 142 Å². The van der Waals surface area contributed by atoms with E-state index in [0.717, 1.165) is 0 Å². The SMILES string of the molecule is CC[C@H]1OC(=O)[C@H](C)[C@H](O[C@H]2C[C@](C)(OC)[C@H](O)[C@@H](C)O2)[C@@H](C)[C@H](O[C@@H]2O[C@H](C)C[C@H](N(C)C)[C@H]2O)[C@](C)(O)C[C@H](C)C(N)=C(C)[C@@H](O)[C@@]1(C)O. The molecule has 14 heteroatoms. The van der Waals surface area contributed by atoms with Crippen molar-refractivity contribution >= 4 is 5.97 Å². The van der Waals surface area contributed by atoms with E-state index in [9.17, 15) is 30.3 Å². The van der Waals surface area contributed by atoms with Crippen molar-refractivity contribution in [2.45, 2.75) is 179 Å². The molecule has 0 aromatic carbocycles. The molecule has 0 saturated carbocycles. The van der Waals surface area contributed by atoms with Gasteiger partial charge in [0.25, 0.3) is 0 Å². The highest BCUT2D eigenvalue weighted by atomic mass is 16.7. The molecule has 3 rings (SSSR count). The number of hydrogen-bond acceptors (Lipinski definition) is 14. The van der Waals surface area contributed by atoms with Gasteiger partial charge in [0.1, 0.15) is 30.0 Å². The molecule has 0 aromatic heterocycles. The second kappa shape index (κ2) is 16.9. The number of carbonyl (C=O) groups is 1. The molecule has 3 aliphatic rings. The van der Waals surface area contributed by atoms with Crippen molar-refractivity contribution in [3.05, 3.63) is 11.3 Å². The molecular formula is C37H68N2O12. The minimum atomic E-state index is -1.91. The van der Waals surface area contributed by atoms with E-state index in [2.05, 4.69) is 0 Å². The first-order chi connectivity index (χ1) is 23.4. The van der Waals surface area contributed by atoms with Crippen molar-refractivity contribution in [3.63, 3.8) is 0 Å². The Kier molecular flexibility index (Phi) is 14.6. The highest BCUT2D eigenvalue weighted by molar-refractivity contribution is 5.73. The smallest absolute Gasteiger partial charge is 0.311 e. The Labute approximate surface area is 304 Å². The molecule has 0 aliphatic carbocycles. The Morgan fingerprint density at radius 3 is 2.14 bits per heavy atom. The maximum absolute atomic E-state index is 14.1. The number of esters is 1. The van der Waals surface area contributed by atoms with Crippen LogP contribution in [0.3, 0.4) is 0 Å². The zero-order chi connectivity index (χ0) is 39.0. The third-order valence-electron chi connectivity index (χ3n) is 11.8. The number of nitrogens with two attached hydrogens (primary N) is 1. The van der Waals surface area contributed by atoms with E-state index in [1.807, 2.05) is 25.9 Å². The molecule has 2 saturated heterocycles. The molecule has 0 bridgehead atoms. The molecule has 3 aliphatic heterocycles. The van der Waals surface area contributed by atoms with Crippen LogP contribution in [0, 0.1) is 17.8 Å². The van der Waals surface area contributed by atoms with E-state index in [-0.39, 0.29) is 42.7 Å². The Hall–Kier alpha value is -1.43. The second-order valence-electron chi connectivity index (χ2n) is 16.4. The Balaban J connectivity index is 2.21. The molecule has 0 radical (unpaired) electrons. The zero-order valence-corrected chi connectivity index (χ0v) is 33.0. The van der Waals surface area contributed by atoms with E-state index >= 15 is 0 Å². The topological polar surface area (TPSA) is 203 Å². The lowest BCUT2D eigenvalue weighted by atomic mass is 9.76. The molecule has 0 amide bonds. The molecular weight excluding hydrogens is 664 g/mol. The number of likely N-dealkylation sites (N-methyl/N-ethyl adjacent to an activating group) is 1. The lowest BCUT2D eigenvalue weighted by Gasteiger charge is -2.49. The van der Waals surface area contributed by atoms with Crippen LogP contribution in [0.4, 0.5) is 0 Å². The summed E-state index contributed by atoms with van der Waals surface area (Å²) in [6, 6.07) is -0.297. The Morgan fingerprint density at radius 1 is 0.980 bits per heavy atom. The number of hydrogen-bond donors (Lipinski definition) is 6. The first kappa shape index (κ1) is 44.0. The molecule has 0 unspecified atom stereocenters. The number of ether oxygens (including phenoxy) is 6. The van der Waals surface area contributed by atoms with E-state index < -0.39 is 95.8 Å². The molecule has 3 heterocycles. The van der Waals surface area contributed by atoms with Crippen molar-refractivity contribution in [1.29, 1.82) is 0 Å². The van der Waals surface area contributed by atoms with E-state index in [1.165, 1.54) is 14.0 Å². The number of nitrogens with zero attached hydrogens (tertiary/aromatic N) is 1. The Bertz CT molecular complexity index is 1200. The van der Waals surface area contributed by atoms with Gasteiger partial charge in [0.15, 0.2) is 12.6 Å². The molecule has 2 fully saturated rings. The lowest BCUT2D eigenvalue weighted by molar-refractivity contribution is -0.318. The molecule has 51 heavy (non-hydrogen) atoms. The fraction of sp³-hybridized carbons (Fsp3) is 0.919. The average molecular weight is 733 g/mol. The van der Waals surface area contributed by atoms with Gasteiger partial charge in [-0.25, -0.2) is 0 Å². The third kappa shape index (κ3) is 9.45. The van der Waals surface area contributed by atoms with Crippen LogP contribution in [0.2, 0.25) is 0 Å². The van der Waals surface area contributed by atoms with Crippen LogP contribution >= 0.6 is 0 Å². The summed E-state index contributed by atoms with van der Waals surface area (Å²) in [4.78, 5) is 16.0. The van der Waals surface area contributed by atoms with E-state index in [0.29, 0.717) is 6.42 Å². The van der Waals surface area contributed by atoms with Crippen LogP contribution in [0.25, 0.3) is 0 Å². The summed E-state index contributed by atoms with van der Waals surface area (Å²) >= 11 is 0. The van der Waals surface area contributed by atoms with Gasteiger partial charge in [0.05, 0.1) is 41.5 Å². The molecule has 0 aromatic rings. The van der Waals surface area contributed by atoms with Crippen LogP contribution in [0.1, 0.15) is 94.9 Å². The standard InChI is InChI=1S/C37H68N2O12/c1-14-25-37(10,45)30(41)20(4)27(38)18(2)16-35(8,44)32(51-34-28(40)24(39(11)12)15-19(3)47-34)21(5)29(22(6)33(43)49-25)50-26-17-36(9,46-13)31(42)23(7)48-26/h18-19,21-26,28-32,34,40-42,44-45H,14-17,38H2,1-13H3/t18-,19+,21+,22+,23+,24-,25+,26-,28+,29+,30+,31+,32-,34-,35+,36-,37-/m0/s1. The molecule has 7 N–H and O–H groups in total.